The normalized spacial score (nSPS) is 17.7. The highest BCUT2D eigenvalue weighted by Crippen LogP contribution is 2.47. The molecule has 2 amide bonds. The third kappa shape index (κ3) is 5.68. The Morgan fingerprint density at radius 2 is 1.71 bits per heavy atom. The maximum atomic E-state index is 14.6. The van der Waals surface area contributed by atoms with E-state index < -0.39 is 58.8 Å². The van der Waals surface area contributed by atoms with E-state index in [-0.39, 0.29) is 40.4 Å². The Morgan fingerprint density at radius 3 is 2.29 bits per heavy atom. The summed E-state index contributed by atoms with van der Waals surface area (Å²) >= 11 is 0. The Balaban J connectivity index is 1.48. The van der Waals surface area contributed by atoms with E-state index in [1.807, 2.05) is 5.32 Å². The van der Waals surface area contributed by atoms with Crippen molar-refractivity contribution in [3.05, 3.63) is 95.2 Å². The molecule has 5 rings (SSSR count). The molecule has 1 aliphatic rings. The van der Waals surface area contributed by atoms with Crippen LogP contribution < -0.4 is 15.8 Å². The molecule has 0 saturated carbocycles. The number of halogens is 7. The highest BCUT2D eigenvalue weighted by Gasteiger charge is 2.57. The van der Waals surface area contributed by atoms with Crippen LogP contribution in [0.15, 0.2) is 67.0 Å². The van der Waals surface area contributed by atoms with Gasteiger partial charge in [-0.2, -0.15) is 31.4 Å². The molecule has 2 aromatic carbocycles. The lowest BCUT2D eigenvalue weighted by Crippen LogP contribution is -2.51. The molecule has 0 bridgehead atoms. The fraction of sp³-hybridized carbons (Fsp3) is 0.241. The predicted octanol–water partition coefficient (Wildman–Crippen LogP) is 4.41. The minimum atomic E-state index is -5.44. The van der Waals surface area contributed by atoms with Crippen molar-refractivity contribution in [1.82, 2.24) is 20.1 Å². The number of fused-ring (bicyclic) bond motifs is 1. The van der Waals surface area contributed by atoms with Crippen LogP contribution in [-0.2, 0) is 22.0 Å². The molecular formula is C29H22F7N5O4. The number of primary amides is 1. The number of aromatic nitrogens is 3. The number of nitrogens with zero attached hydrogens (tertiary/aromatic N) is 3. The van der Waals surface area contributed by atoms with Crippen molar-refractivity contribution >= 4 is 11.8 Å². The van der Waals surface area contributed by atoms with Gasteiger partial charge in [0.25, 0.3) is 5.91 Å². The number of ether oxygens (including phenoxy) is 1. The van der Waals surface area contributed by atoms with Gasteiger partial charge in [-0.15, -0.1) is 0 Å². The van der Waals surface area contributed by atoms with Gasteiger partial charge in [0.2, 0.25) is 11.5 Å². The number of pyridine rings is 1. The van der Waals surface area contributed by atoms with Gasteiger partial charge in [0.05, 0.1) is 35.2 Å². The second kappa shape index (κ2) is 10.9. The predicted molar refractivity (Wildman–Crippen MR) is 143 cm³/mol. The highest BCUT2D eigenvalue weighted by molar-refractivity contribution is 5.94. The first-order valence-corrected chi connectivity index (χ1v) is 13.0. The zero-order valence-corrected chi connectivity index (χ0v) is 23.0. The zero-order chi connectivity index (χ0) is 32.9. The van der Waals surface area contributed by atoms with E-state index in [4.69, 9.17) is 10.5 Å². The van der Waals surface area contributed by atoms with Crippen LogP contribution in [0, 0.1) is 5.82 Å². The van der Waals surface area contributed by atoms with Gasteiger partial charge in [-0.25, -0.2) is 14.1 Å². The van der Waals surface area contributed by atoms with Gasteiger partial charge in [-0.05, 0) is 61.5 Å². The highest BCUT2D eigenvalue weighted by atomic mass is 19.4. The molecule has 45 heavy (non-hydrogen) atoms. The van der Waals surface area contributed by atoms with E-state index >= 15 is 0 Å². The Kier molecular flexibility index (Phi) is 7.59. The van der Waals surface area contributed by atoms with E-state index in [1.165, 1.54) is 19.1 Å². The Hall–Kier alpha value is -4.99. The molecule has 0 aliphatic carbocycles. The first kappa shape index (κ1) is 31.4. The molecule has 0 spiro atoms. The van der Waals surface area contributed by atoms with Crippen LogP contribution in [0.2, 0.25) is 0 Å². The molecule has 0 radical (unpaired) electrons. The number of carbonyl (C=O) groups excluding carboxylic acids is 2. The Bertz CT molecular complexity index is 1770. The minimum Gasteiger partial charge on any atom is -0.489 e. The van der Waals surface area contributed by atoms with Gasteiger partial charge in [0.15, 0.2) is 0 Å². The lowest BCUT2D eigenvalue weighted by atomic mass is 9.81. The number of amides is 2. The summed E-state index contributed by atoms with van der Waals surface area (Å²) in [5, 5.41) is 17.0. The topological polar surface area (TPSA) is 132 Å². The first-order chi connectivity index (χ1) is 20.9. The fourth-order valence-corrected chi connectivity index (χ4v) is 4.63. The maximum absolute atomic E-state index is 14.6. The van der Waals surface area contributed by atoms with Crippen LogP contribution in [0.1, 0.15) is 34.1 Å². The van der Waals surface area contributed by atoms with Gasteiger partial charge < -0.3 is 20.9 Å². The second-order valence-corrected chi connectivity index (χ2v) is 10.5. The number of benzene rings is 2. The van der Waals surface area contributed by atoms with Crippen molar-refractivity contribution in [3.8, 4) is 22.7 Å². The minimum absolute atomic E-state index is 0.0871. The number of rotatable bonds is 7. The van der Waals surface area contributed by atoms with Crippen LogP contribution in [0.5, 0.6) is 5.75 Å². The number of hydrogen-bond acceptors (Lipinski definition) is 6. The molecule has 0 unspecified atom stereocenters. The van der Waals surface area contributed by atoms with Gasteiger partial charge in [0, 0.05) is 17.3 Å². The average Bonchev–Trinajstić information content (AvgIpc) is 3.61. The van der Waals surface area contributed by atoms with Crippen LogP contribution >= 0.6 is 0 Å². The summed E-state index contributed by atoms with van der Waals surface area (Å²) in [7, 11) is 0. The molecule has 2 atom stereocenters. The van der Waals surface area contributed by atoms with Crippen LogP contribution in [0.25, 0.3) is 16.9 Å². The Labute approximate surface area is 249 Å². The number of aliphatic hydroxyl groups is 1. The molecular weight excluding hydrogens is 615 g/mol. The van der Waals surface area contributed by atoms with Crippen molar-refractivity contribution in [3.63, 3.8) is 0 Å². The molecule has 1 aliphatic heterocycles. The standard InChI is InChI=1S/C29H22F7N5O4/c1-26(25(37)43)14-45-23-20(26)10-21(40-22(23)15-2-6-18(30)7-3-15)27(44,29(34,35)36)13-38-24(42)16-11-39-41(12-16)19-8-4-17(5-9-19)28(31,32)33/h2-12,44H,13-14H2,1H3,(H2,37,43)(H,38,42)/t26-,27-/m0/s1. The summed E-state index contributed by atoms with van der Waals surface area (Å²) in [6.45, 7) is -0.465. The largest absolute Gasteiger partial charge is 0.489 e. The lowest BCUT2D eigenvalue weighted by molar-refractivity contribution is -0.265. The van der Waals surface area contributed by atoms with E-state index in [0.29, 0.717) is 0 Å². The van der Waals surface area contributed by atoms with Crippen molar-refractivity contribution in [2.24, 2.45) is 5.73 Å². The van der Waals surface area contributed by atoms with Crippen molar-refractivity contribution in [2.45, 2.75) is 30.3 Å². The fourth-order valence-electron chi connectivity index (χ4n) is 4.63. The van der Waals surface area contributed by atoms with Gasteiger partial charge in [-0.1, -0.05) is 0 Å². The monoisotopic (exact) mass is 637 g/mol. The number of carbonyl (C=O) groups is 2. The van der Waals surface area contributed by atoms with E-state index in [1.54, 1.807) is 0 Å². The number of hydrogen-bond donors (Lipinski definition) is 3. The third-order valence-corrected chi connectivity index (χ3v) is 7.44. The molecule has 16 heteroatoms. The average molecular weight is 638 g/mol. The molecule has 4 N–H and O–H groups in total. The molecule has 4 aromatic rings. The van der Waals surface area contributed by atoms with Crippen LogP contribution in [0.3, 0.4) is 0 Å². The SMILES string of the molecule is C[C@]1(C(N)=O)COc2c1cc([C@@](O)(CNC(=O)c1cnn(-c3ccc(C(F)(F)F)cc3)c1)C(F)(F)F)nc2-c1ccc(F)cc1. The molecule has 3 heterocycles. The number of nitrogens with one attached hydrogen (secondary N) is 1. The smallest absolute Gasteiger partial charge is 0.424 e. The first-order valence-electron chi connectivity index (χ1n) is 13.0. The summed E-state index contributed by atoms with van der Waals surface area (Å²) in [5.41, 5.74) is -2.21. The molecule has 0 saturated heterocycles. The molecule has 9 nitrogen and oxygen atoms in total. The zero-order valence-electron chi connectivity index (χ0n) is 23.0. The van der Waals surface area contributed by atoms with E-state index in [0.717, 1.165) is 59.5 Å². The second-order valence-electron chi connectivity index (χ2n) is 10.5. The summed E-state index contributed by atoms with van der Waals surface area (Å²) in [5.74, 6) is -2.78. The van der Waals surface area contributed by atoms with Crippen LogP contribution in [0.4, 0.5) is 30.7 Å². The molecule has 2 aromatic heterocycles. The van der Waals surface area contributed by atoms with Crippen molar-refractivity contribution in [2.75, 3.05) is 13.2 Å². The quantitative estimate of drug-likeness (QED) is 0.258. The van der Waals surface area contributed by atoms with E-state index in [2.05, 4.69) is 10.1 Å². The van der Waals surface area contributed by atoms with Crippen LogP contribution in [-0.4, -0.2) is 51.0 Å². The van der Waals surface area contributed by atoms with Crippen molar-refractivity contribution < 1.29 is 50.2 Å². The third-order valence-electron chi connectivity index (χ3n) is 7.44. The van der Waals surface area contributed by atoms with Crippen molar-refractivity contribution in [1.29, 1.82) is 0 Å². The summed E-state index contributed by atoms with van der Waals surface area (Å²) in [4.78, 5) is 29.2. The summed E-state index contributed by atoms with van der Waals surface area (Å²) in [6, 6.07) is 9.06. The molecule has 0 fully saturated rings. The number of nitrogens with two attached hydrogens (primary N) is 1. The molecule has 236 valence electrons. The van der Waals surface area contributed by atoms with Gasteiger partial charge in [-0.3, -0.25) is 9.59 Å². The number of alkyl halides is 6. The van der Waals surface area contributed by atoms with Gasteiger partial charge >= 0.3 is 12.4 Å². The summed E-state index contributed by atoms with van der Waals surface area (Å²) < 4.78 is 103. The van der Waals surface area contributed by atoms with E-state index in [9.17, 15) is 45.4 Å². The maximum Gasteiger partial charge on any atom is 0.424 e. The lowest BCUT2D eigenvalue weighted by Gasteiger charge is -2.31. The Morgan fingerprint density at radius 1 is 1.07 bits per heavy atom. The van der Waals surface area contributed by atoms with Gasteiger partial charge in [0.1, 0.15) is 29.3 Å². The summed E-state index contributed by atoms with van der Waals surface area (Å²) in [6.07, 6.45) is -7.98.